The largest absolute Gasteiger partial charge is 0.481 e. The predicted molar refractivity (Wildman–Crippen MR) is 128 cm³/mol. The molecule has 3 rings (SSSR count). The number of carboxylic acids is 1. The molecule has 2 aromatic carbocycles. The van der Waals surface area contributed by atoms with E-state index in [1.807, 2.05) is 31.2 Å². The van der Waals surface area contributed by atoms with Gasteiger partial charge in [-0.2, -0.15) is 0 Å². The van der Waals surface area contributed by atoms with Gasteiger partial charge in [0.15, 0.2) is 0 Å². The maximum atomic E-state index is 12.1. The summed E-state index contributed by atoms with van der Waals surface area (Å²) in [6.45, 7) is 3.38. The number of ether oxygens (including phenoxy) is 2. The van der Waals surface area contributed by atoms with Crippen LogP contribution in [-0.4, -0.2) is 56.0 Å². The van der Waals surface area contributed by atoms with Gasteiger partial charge in [-0.3, -0.25) is 9.59 Å². The molecule has 0 spiro atoms. The minimum Gasteiger partial charge on any atom is -0.481 e. The van der Waals surface area contributed by atoms with Crippen molar-refractivity contribution in [1.29, 1.82) is 0 Å². The van der Waals surface area contributed by atoms with Gasteiger partial charge in [0.1, 0.15) is 6.61 Å². The summed E-state index contributed by atoms with van der Waals surface area (Å²) in [6, 6.07) is 16.3. The second-order valence-electron chi connectivity index (χ2n) is 8.46. The molecule has 182 valence electrons. The van der Waals surface area contributed by atoms with E-state index >= 15 is 0 Å². The van der Waals surface area contributed by atoms with Crippen LogP contribution in [-0.2, 0) is 19.1 Å². The lowest BCUT2D eigenvalue weighted by molar-refractivity contribution is -0.137. The van der Waals surface area contributed by atoms with Gasteiger partial charge < -0.3 is 25.2 Å². The Balaban J connectivity index is 1.28. The molecule has 3 N–H and O–H groups in total. The lowest BCUT2D eigenvalue weighted by atomic mass is 9.98. The zero-order chi connectivity index (χ0) is 24.3. The number of hydrogen-bond donors (Lipinski definition) is 3. The average Bonchev–Trinajstić information content (AvgIpc) is 3.16. The molecule has 1 aliphatic carbocycles. The van der Waals surface area contributed by atoms with Crippen molar-refractivity contribution in [3.8, 4) is 11.1 Å². The SMILES string of the molecule is CC(CCC(=O)O)CNC(=O)CCOCCNC(=O)OCC1c2ccccc2-c2ccccc21. The van der Waals surface area contributed by atoms with Crippen molar-refractivity contribution >= 4 is 18.0 Å². The number of alkyl carbamates (subject to hydrolysis) is 1. The molecule has 0 radical (unpaired) electrons. The fourth-order valence-electron chi connectivity index (χ4n) is 3.99. The number of carboxylic acid groups (broad SMARTS) is 1. The van der Waals surface area contributed by atoms with Crippen LogP contribution in [0.25, 0.3) is 11.1 Å². The molecular formula is C26H32N2O6. The van der Waals surface area contributed by atoms with Crippen molar-refractivity contribution < 1.29 is 29.0 Å². The molecule has 1 aliphatic rings. The highest BCUT2D eigenvalue weighted by Crippen LogP contribution is 2.44. The molecule has 0 aromatic heterocycles. The lowest BCUT2D eigenvalue weighted by Crippen LogP contribution is -2.31. The standard InChI is InChI=1S/C26H32N2O6/c1-18(10-11-25(30)31)16-28-24(29)12-14-33-15-13-27-26(32)34-17-23-21-8-4-2-6-19(21)20-7-3-5-9-22(20)23/h2-9,18,23H,10-17H2,1H3,(H,27,32)(H,28,29)(H,30,31). The van der Waals surface area contributed by atoms with Crippen molar-refractivity contribution in [1.82, 2.24) is 10.6 Å². The summed E-state index contributed by atoms with van der Waals surface area (Å²) < 4.78 is 10.9. The Morgan fingerprint density at radius 2 is 1.59 bits per heavy atom. The van der Waals surface area contributed by atoms with Gasteiger partial charge in [-0.25, -0.2) is 4.79 Å². The Bertz CT molecular complexity index is 947. The minimum absolute atomic E-state index is 0.0137. The van der Waals surface area contributed by atoms with Gasteiger partial charge in [0.2, 0.25) is 5.91 Å². The molecule has 2 aromatic rings. The summed E-state index contributed by atoms with van der Waals surface area (Å²) in [5, 5.41) is 14.1. The maximum absolute atomic E-state index is 12.1. The van der Waals surface area contributed by atoms with Crippen LogP contribution in [0.15, 0.2) is 48.5 Å². The molecule has 8 heteroatoms. The summed E-state index contributed by atoms with van der Waals surface area (Å²) >= 11 is 0. The zero-order valence-electron chi connectivity index (χ0n) is 19.4. The van der Waals surface area contributed by atoms with Gasteiger partial charge in [0, 0.05) is 31.8 Å². The number of nitrogens with one attached hydrogen (secondary N) is 2. The van der Waals surface area contributed by atoms with Crippen LogP contribution < -0.4 is 10.6 Å². The number of fused-ring (bicyclic) bond motifs is 3. The van der Waals surface area contributed by atoms with Crippen LogP contribution in [0.5, 0.6) is 0 Å². The van der Waals surface area contributed by atoms with E-state index in [0.717, 1.165) is 11.1 Å². The first-order valence-corrected chi connectivity index (χ1v) is 11.6. The molecule has 0 fully saturated rings. The van der Waals surface area contributed by atoms with Gasteiger partial charge in [0.25, 0.3) is 0 Å². The molecule has 34 heavy (non-hydrogen) atoms. The number of benzene rings is 2. The number of rotatable bonds is 13. The summed E-state index contributed by atoms with van der Waals surface area (Å²) in [4.78, 5) is 34.5. The second kappa shape index (κ2) is 12.7. The average molecular weight is 469 g/mol. The Hall–Kier alpha value is -3.39. The van der Waals surface area contributed by atoms with E-state index in [9.17, 15) is 14.4 Å². The Kier molecular flexibility index (Phi) is 9.46. The Labute approximate surface area is 199 Å². The van der Waals surface area contributed by atoms with Gasteiger partial charge >= 0.3 is 12.1 Å². The molecule has 0 saturated carbocycles. The number of amides is 2. The second-order valence-corrected chi connectivity index (χ2v) is 8.46. The molecule has 8 nitrogen and oxygen atoms in total. The van der Waals surface area contributed by atoms with Crippen LogP contribution in [0, 0.1) is 5.92 Å². The minimum atomic E-state index is -0.835. The van der Waals surface area contributed by atoms with Crippen LogP contribution in [0.1, 0.15) is 43.2 Å². The highest BCUT2D eigenvalue weighted by Gasteiger charge is 2.28. The highest BCUT2D eigenvalue weighted by molar-refractivity contribution is 5.79. The summed E-state index contributed by atoms with van der Waals surface area (Å²) in [6.07, 6.45) is 0.319. The number of hydrogen-bond acceptors (Lipinski definition) is 5. The predicted octanol–water partition coefficient (Wildman–Crippen LogP) is 3.55. The van der Waals surface area contributed by atoms with Crippen molar-refractivity contribution in [2.24, 2.45) is 5.92 Å². The van der Waals surface area contributed by atoms with Gasteiger partial charge in [0.05, 0.1) is 13.2 Å². The number of carbonyl (C=O) groups excluding carboxylic acids is 2. The third kappa shape index (κ3) is 7.31. The Morgan fingerprint density at radius 3 is 2.24 bits per heavy atom. The van der Waals surface area contributed by atoms with E-state index in [-0.39, 0.29) is 57.0 Å². The molecule has 0 heterocycles. The van der Waals surface area contributed by atoms with Crippen molar-refractivity contribution in [2.75, 3.05) is 32.9 Å². The van der Waals surface area contributed by atoms with Crippen molar-refractivity contribution in [2.45, 2.75) is 32.1 Å². The third-order valence-electron chi connectivity index (χ3n) is 5.83. The van der Waals surface area contributed by atoms with Gasteiger partial charge in [-0.1, -0.05) is 55.5 Å². The van der Waals surface area contributed by atoms with Crippen molar-refractivity contribution in [3.63, 3.8) is 0 Å². The van der Waals surface area contributed by atoms with E-state index in [0.29, 0.717) is 13.0 Å². The molecule has 1 atom stereocenters. The molecule has 0 bridgehead atoms. The van der Waals surface area contributed by atoms with E-state index in [4.69, 9.17) is 14.6 Å². The van der Waals surface area contributed by atoms with Crippen LogP contribution in [0.3, 0.4) is 0 Å². The quantitative estimate of drug-likeness (QED) is 0.388. The molecule has 0 saturated heterocycles. The fourth-order valence-corrected chi connectivity index (χ4v) is 3.99. The topological polar surface area (TPSA) is 114 Å². The number of aliphatic carboxylic acids is 1. The van der Waals surface area contributed by atoms with Crippen LogP contribution in [0.4, 0.5) is 4.79 Å². The van der Waals surface area contributed by atoms with Gasteiger partial charge in [-0.15, -0.1) is 0 Å². The normalized spacial score (nSPS) is 13.0. The first-order chi connectivity index (χ1) is 16.5. The summed E-state index contributed by atoms with van der Waals surface area (Å²) in [5.41, 5.74) is 4.68. The van der Waals surface area contributed by atoms with Crippen LogP contribution in [0.2, 0.25) is 0 Å². The van der Waals surface area contributed by atoms with E-state index in [1.165, 1.54) is 11.1 Å². The zero-order valence-corrected chi connectivity index (χ0v) is 19.4. The summed E-state index contributed by atoms with van der Waals surface area (Å²) in [5.74, 6) is -0.868. The highest BCUT2D eigenvalue weighted by atomic mass is 16.5. The first kappa shape index (κ1) is 25.2. The first-order valence-electron chi connectivity index (χ1n) is 11.6. The number of carbonyl (C=O) groups is 3. The van der Waals surface area contributed by atoms with Crippen molar-refractivity contribution in [3.05, 3.63) is 59.7 Å². The fraction of sp³-hybridized carbons (Fsp3) is 0.423. The van der Waals surface area contributed by atoms with E-state index < -0.39 is 12.1 Å². The monoisotopic (exact) mass is 468 g/mol. The molecule has 0 aliphatic heterocycles. The van der Waals surface area contributed by atoms with Crippen LogP contribution >= 0.6 is 0 Å². The Morgan fingerprint density at radius 1 is 0.941 bits per heavy atom. The molecule has 1 unspecified atom stereocenters. The lowest BCUT2D eigenvalue weighted by Gasteiger charge is -2.14. The third-order valence-corrected chi connectivity index (χ3v) is 5.83. The van der Waals surface area contributed by atoms with E-state index in [2.05, 4.69) is 34.9 Å². The maximum Gasteiger partial charge on any atom is 0.407 e. The smallest absolute Gasteiger partial charge is 0.407 e. The molecular weight excluding hydrogens is 436 g/mol. The molecule has 2 amide bonds. The van der Waals surface area contributed by atoms with E-state index in [1.54, 1.807) is 0 Å². The van der Waals surface area contributed by atoms with Gasteiger partial charge in [-0.05, 0) is 34.6 Å². The summed E-state index contributed by atoms with van der Waals surface area (Å²) in [7, 11) is 0.